The van der Waals surface area contributed by atoms with Crippen LogP contribution in [0.15, 0.2) is 29.5 Å². The molecule has 1 aliphatic heterocycles. The van der Waals surface area contributed by atoms with Crippen molar-refractivity contribution in [1.29, 1.82) is 0 Å². The van der Waals surface area contributed by atoms with Gasteiger partial charge in [-0.05, 0) is 43.8 Å². The number of rotatable bonds is 7. The summed E-state index contributed by atoms with van der Waals surface area (Å²) in [5.74, 6) is -0.253. The minimum Gasteiger partial charge on any atom is -0.493 e. The van der Waals surface area contributed by atoms with E-state index in [1.165, 1.54) is 7.11 Å². The fourth-order valence-electron chi connectivity index (χ4n) is 2.59. The van der Waals surface area contributed by atoms with Gasteiger partial charge in [0.25, 0.3) is 0 Å². The largest absolute Gasteiger partial charge is 0.493 e. The molecular formula is C17H21N3O5S. The molecule has 0 aliphatic carbocycles. The molecule has 0 radical (unpaired) electrons. The number of nitrogens with one attached hydrogen (secondary N) is 2. The summed E-state index contributed by atoms with van der Waals surface area (Å²) < 4.78 is 15.6. The smallest absolute Gasteiger partial charge is 0.344 e. The molecule has 1 amide bonds. The molecule has 0 aromatic heterocycles. The molecule has 0 spiro atoms. The van der Waals surface area contributed by atoms with Gasteiger partial charge < -0.3 is 30.6 Å². The van der Waals surface area contributed by atoms with Crippen molar-refractivity contribution in [3.05, 3.63) is 35.0 Å². The Morgan fingerprint density at radius 1 is 1.31 bits per heavy atom. The quantitative estimate of drug-likeness (QED) is 0.474. The first-order chi connectivity index (χ1) is 12.4. The van der Waals surface area contributed by atoms with Crippen LogP contribution in [0, 0.1) is 0 Å². The number of amides is 1. The second-order valence-electron chi connectivity index (χ2n) is 5.44. The number of hydrogen-bond donors (Lipinski definition) is 3. The maximum absolute atomic E-state index is 11.8. The maximum Gasteiger partial charge on any atom is 0.344 e. The lowest BCUT2D eigenvalue weighted by Crippen LogP contribution is -2.46. The van der Waals surface area contributed by atoms with Crippen LogP contribution in [0.5, 0.6) is 11.5 Å². The highest BCUT2D eigenvalue weighted by molar-refractivity contribution is 7.80. The standard InChI is InChI=1S/C17H21N3O5S/c1-4-24-13(21)8-25-11-6-5-10(7-12(11)23-3)15-14(16(18)22)9(2)19-17(26)20-15/h5-7,15H,4,8H2,1-3H3,(H2,18,22)(H2,19,20,26). The number of carbonyl (C=O) groups is 2. The summed E-state index contributed by atoms with van der Waals surface area (Å²) in [6.07, 6.45) is 0. The summed E-state index contributed by atoms with van der Waals surface area (Å²) in [6, 6.07) is 4.57. The predicted octanol–water partition coefficient (Wildman–Crippen LogP) is 0.915. The molecule has 9 heteroatoms. The van der Waals surface area contributed by atoms with Gasteiger partial charge in [0.15, 0.2) is 23.2 Å². The molecular weight excluding hydrogens is 358 g/mol. The van der Waals surface area contributed by atoms with Crippen LogP contribution in [-0.4, -0.2) is 37.3 Å². The molecule has 26 heavy (non-hydrogen) atoms. The molecule has 0 saturated carbocycles. The van der Waals surface area contributed by atoms with E-state index in [1.54, 1.807) is 32.0 Å². The number of thiocarbonyl (C=S) groups is 1. The number of carbonyl (C=O) groups excluding carboxylic acids is 2. The molecule has 1 heterocycles. The van der Waals surface area contributed by atoms with Crippen molar-refractivity contribution in [3.63, 3.8) is 0 Å². The monoisotopic (exact) mass is 379 g/mol. The van der Waals surface area contributed by atoms with E-state index in [0.29, 0.717) is 33.4 Å². The van der Waals surface area contributed by atoms with E-state index in [4.69, 9.17) is 32.2 Å². The molecule has 2 rings (SSSR count). The first-order valence-corrected chi connectivity index (χ1v) is 8.32. The van der Waals surface area contributed by atoms with Crippen LogP contribution in [0.2, 0.25) is 0 Å². The van der Waals surface area contributed by atoms with E-state index in [-0.39, 0.29) is 13.2 Å². The number of primary amides is 1. The lowest BCUT2D eigenvalue weighted by Gasteiger charge is -2.29. The van der Waals surface area contributed by atoms with Crippen molar-refractivity contribution >= 4 is 29.2 Å². The normalized spacial score (nSPS) is 16.4. The Morgan fingerprint density at radius 2 is 2.04 bits per heavy atom. The molecule has 8 nitrogen and oxygen atoms in total. The fourth-order valence-corrected chi connectivity index (χ4v) is 2.86. The summed E-state index contributed by atoms with van der Waals surface area (Å²) in [6.45, 7) is 3.50. The lowest BCUT2D eigenvalue weighted by atomic mass is 9.95. The highest BCUT2D eigenvalue weighted by Crippen LogP contribution is 2.34. The molecule has 4 N–H and O–H groups in total. The summed E-state index contributed by atoms with van der Waals surface area (Å²) in [4.78, 5) is 23.3. The van der Waals surface area contributed by atoms with Crippen molar-refractivity contribution < 1.29 is 23.8 Å². The molecule has 0 saturated heterocycles. The van der Waals surface area contributed by atoms with Crippen molar-refractivity contribution in [2.45, 2.75) is 19.9 Å². The Morgan fingerprint density at radius 3 is 2.65 bits per heavy atom. The molecule has 140 valence electrons. The first-order valence-electron chi connectivity index (χ1n) is 7.91. The molecule has 1 atom stereocenters. The third-order valence-corrected chi connectivity index (χ3v) is 3.93. The molecule has 0 bridgehead atoms. The number of ether oxygens (including phenoxy) is 3. The van der Waals surface area contributed by atoms with Gasteiger partial charge in [-0.3, -0.25) is 4.79 Å². The third-order valence-electron chi connectivity index (χ3n) is 3.71. The van der Waals surface area contributed by atoms with Gasteiger partial charge in [-0.15, -0.1) is 0 Å². The summed E-state index contributed by atoms with van der Waals surface area (Å²) in [5.41, 5.74) is 7.19. The maximum atomic E-state index is 11.8. The van der Waals surface area contributed by atoms with Gasteiger partial charge in [-0.25, -0.2) is 4.79 Å². The number of methoxy groups -OCH3 is 1. The second-order valence-corrected chi connectivity index (χ2v) is 5.85. The van der Waals surface area contributed by atoms with Gasteiger partial charge in [-0.2, -0.15) is 0 Å². The second kappa shape index (κ2) is 8.52. The summed E-state index contributed by atoms with van der Waals surface area (Å²) >= 11 is 5.17. The van der Waals surface area contributed by atoms with E-state index in [1.807, 2.05) is 0 Å². The van der Waals surface area contributed by atoms with Gasteiger partial charge in [0.2, 0.25) is 5.91 Å². The van der Waals surface area contributed by atoms with Crippen LogP contribution in [0.3, 0.4) is 0 Å². The Labute approximate surface area is 156 Å². The van der Waals surface area contributed by atoms with Crippen molar-refractivity contribution in [2.75, 3.05) is 20.3 Å². The fraction of sp³-hybridized carbons (Fsp3) is 0.353. The Bertz CT molecular complexity index is 763. The van der Waals surface area contributed by atoms with Crippen molar-refractivity contribution in [1.82, 2.24) is 10.6 Å². The van der Waals surface area contributed by atoms with Gasteiger partial charge in [0.1, 0.15) is 0 Å². The highest BCUT2D eigenvalue weighted by Gasteiger charge is 2.29. The molecule has 1 aliphatic rings. The predicted molar refractivity (Wildman–Crippen MR) is 98.6 cm³/mol. The highest BCUT2D eigenvalue weighted by atomic mass is 32.1. The van der Waals surface area contributed by atoms with Crippen LogP contribution in [0.25, 0.3) is 0 Å². The van der Waals surface area contributed by atoms with E-state index >= 15 is 0 Å². The minimum absolute atomic E-state index is 0.231. The number of benzene rings is 1. The van der Waals surface area contributed by atoms with Crippen molar-refractivity contribution in [3.8, 4) is 11.5 Å². The zero-order valence-corrected chi connectivity index (χ0v) is 15.6. The third kappa shape index (κ3) is 4.42. The van der Waals surface area contributed by atoms with E-state index < -0.39 is 17.9 Å². The van der Waals surface area contributed by atoms with Crippen LogP contribution >= 0.6 is 12.2 Å². The Kier molecular flexibility index (Phi) is 6.40. The van der Waals surface area contributed by atoms with Crippen molar-refractivity contribution in [2.24, 2.45) is 5.73 Å². The number of hydrogen-bond acceptors (Lipinski definition) is 6. The molecule has 1 aromatic carbocycles. The number of nitrogens with two attached hydrogens (primary N) is 1. The topological polar surface area (TPSA) is 112 Å². The summed E-state index contributed by atoms with van der Waals surface area (Å²) in [5, 5.41) is 6.30. The molecule has 0 fully saturated rings. The van der Waals surface area contributed by atoms with E-state index in [2.05, 4.69) is 10.6 Å². The van der Waals surface area contributed by atoms with Gasteiger partial charge in [-0.1, -0.05) is 6.07 Å². The average molecular weight is 379 g/mol. The van der Waals surface area contributed by atoms with Crippen LogP contribution in [0.1, 0.15) is 25.5 Å². The van der Waals surface area contributed by atoms with Gasteiger partial charge in [0.05, 0.1) is 25.3 Å². The average Bonchev–Trinajstić information content (AvgIpc) is 2.58. The number of allylic oxidation sites excluding steroid dienone is 1. The van der Waals surface area contributed by atoms with E-state index in [9.17, 15) is 9.59 Å². The molecule has 1 unspecified atom stereocenters. The zero-order chi connectivity index (χ0) is 19.3. The van der Waals surface area contributed by atoms with Gasteiger partial charge in [0, 0.05) is 5.70 Å². The van der Waals surface area contributed by atoms with Crippen LogP contribution in [-0.2, 0) is 14.3 Å². The summed E-state index contributed by atoms with van der Waals surface area (Å²) in [7, 11) is 1.48. The SMILES string of the molecule is CCOC(=O)COc1ccc(C2NC(=S)NC(C)=C2C(N)=O)cc1OC. The van der Waals surface area contributed by atoms with Crippen LogP contribution in [0.4, 0.5) is 0 Å². The lowest BCUT2D eigenvalue weighted by molar-refractivity contribution is -0.145. The minimum atomic E-state index is -0.559. The zero-order valence-electron chi connectivity index (χ0n) is 14.8. The van der Waals surface area contributed by atoms with E-state index in [0.717, 1.165) is 0 Å². The van der Waals surface area contributed by atoms with Crippen LogP contribution < -0.4 is 25.8 Å². The Balaban J connectivity index is 2.30. The molecule has 1 aromatic rings. The first kappa shape index (κ1) is 19.5. The Hall–Kier alpha value is -2.81. The van der Waals surface area contributed by atoms with Gasteiger partial charge >= 0.3 is 5.97 Å². The number of esters is 1.